The van der Waals surface area contributed by atoms with Crippen LogP contribution in [0.25, 0.3) is 0 Å². The molecule has 1 aliphatic heterocycles. The highest BCUT2D eigenvalue weighted by atomic mass is 16.3. The molecule has 0 amide bonds. The van der Waals surface area contributed by atoms with Gasteiger partial charge in [0, 0.05) is 12.1 Å². The van der Waals surface area contributed by atoms with Crippen LogP contribution in [0.1, 0.15) is 55.4 Å². The number of hydrogen-bond acceptors (Lipinski definition) is 2. The first-order valence-corrected chi connectivity index (χ1v) is 7.07. The summed E-state index contributed by atoms with van der Waals surface area (Å²) in [6.45, 7) is 6.44. The zero-order valence-electron chi connectivity index (χ0n) is 11.7. The van der Waals surface area contributed by atoms with Crippen molar-refractivity contribution in [1.82, 2.24) is 5.32 Å². The van der Waals surface area contributed by atoms with Gasteiger partial charge in [0.1, 0.15) is 0 Å². The van der Waals surface area contributed by atoms with Crippen molar-refractivity contribution in [2.45, 2.75) is 64.6 Å². The van der Waals surface area contributed by atoms with E-state index in [0.29, 0.717) is 12.1 Å². The fraction of sp³-hybridized carbons (Fsp3) is 0.625. The molecule has 18 heavy (non-hydrogen) atoms. The highest BCUT2D eigenvalue weighted by Crippen LogP contribution is 2.24. The SMILES string of the molecule is Cc1ccc(C(O)CC2CCCC(C)N2)cc1C. The van der Waals surface area contributed by atoms with Crippen LogP contribution in [0, 0.1) is 13.8 Å². The molecule has 0 aromatic heterocycles. The molecule has 0 spiro atoms. The number of benzene rings is 1. The lowest BCUT2D eigenvalue weighted by Gasteiger charge is -2.30. The molecule has 2 N–H and O–H groups in total. The maximum Gasteiger partial charge on any atom is 0.0805 e. The minimum absolute atomic E-state index is 0.341. The molecule has 3 atom stereocenters. The summed E-state index contributed by atoms with van der Waals surface area (Å²) in [4.78, 5) is 0. The smallest absolute Gasteiger partial charge is 0.0805 e. The molecule has 1 aliphatic rings. The molecule has 100 valence electrons. The van der Waals surface area contributed by atoms with E-state index in [4.69, 9.17) is 0 Å². The fourth-order valence-electron chi connectivity index (χ4n) is 2.80. The molecule has 3 unspecified atom stereocenters. The number of hydrogen-bond donors (Lipinski definition) is 2. The molecule has 1 fully saturated rings. The van der Waals surface area contributed by atoms with Crippen molar-refractivity contribution in [3.8, 4) is 0 Å². The van der Waals surface area contributed by atoms with Gasteiger partial charge >= 0.3 is 0 Å². The Balaban J connectivity index is 1.98. The highest BCUT2D eigenvalue weighted by Gasteiger charge is 2.21. The van der Waals surface area contributed by atoms with Crippen LogP contribution in [-0.2, 0) is 0 Å². The third-order valence-electron chi connectivity index (χ3n) is 4.13. The summed E-state index contributed by atoms with van der Waals surface area (Å²) in [6, 6.07) is 7.33. The molecule has 2 nitrogen and oxygen atoms in total. The third kappa shape index (κ3) is 3.33. The van der Waals surface area contributed by atoms with Gasteiger partial charge in [0.2, 0.25) is 0 Å². The molecule has 0 bridgehead atoms. The predicted octanol–water partition coefficient (Wildman–Crippen LogP) is 3.26. The summed E-state index contributed by atoms with van der Waals surface area (Å²) in [5.74, 6) is 0. The van der Waals surface area contributed by atoms with Crippen molar-refractivity contribution in [3.05, 3.63) is 34.9 Å². The summed E-state index contributed by atoms with van der Waals surface area (Å²) < 4.78 is 0. The van der Waals surface area contributed by atoms with Gasteiger partial charge in [-0.15, -0.1) is 0 Å². The maximum absolute atomic E-state index is 10.3. The van der Waals surface area contributed by atoms with E-state index >= 15 is 0 Å². The molecule has 1 saturated heterocycles. The van der Waals surface area contributed by atoms with E-state index in [1.54, 1.807) is 0 Å². The number of aliphatic hydroxyl groups excluding tert-OH is 1. The predicted molar refractivity (Wildman–Crippen MR) is 75.7 cm³/mol. The van der Waals surface area contributed by atoms with E-state index in [1.165, 1.54) is 30.4 Å². The lowest BCUT2D eigenvalue weighted by molar-refractivity contribution is 0.139. The van der Waals surface area contributed by atoms with Crippen LogP contribution in [0.15, 0.2) is 18.2 Å². The van der Waals surface area contributed by atoms with Gasteiger partial charge in [-0.2, -0.15) is 0 Å². The summed E-state index contributed by atoms with van der Waals surface area (Å²) in [5, 5.41) is 13.9. The highest BCUT2D eigenvalue weighted by molar-refractivity contribution is 5.31. The van der Waals surface area contributed by atoms with Crippen LogP contribution in [0.3, 0.4) is 0 Å². The Morgan fingerprint density at radius 1 is 1.28 bits per heavy atom. The van der Waals surface area contributed by atoms with Crippen LogP contribution in [0.2, 0.25) is 0 Å². The van der Waals surface area contributed by atoms with Gasteiger partial charge in [0.25, 0.3) is 0 Å². The van der Waals surface area contributed by atoms with Crippen LogP contribution in [-0.4, -0.2) is 17.2 Å². The fourth-order valence-corrected chi connectivity index (χ4v) is 2.80. The minimum Gasteiger partial charge on any atom is -0.388 e. The Hall–Kier alpha value is -0.860. The number of aliphatic hydroxyl groups is 1. The van der Waals surface area contributed by atoms with Crippen molar-refractivity contribution < 1.29 is 5.11 Å². The Morgan fingerprint density at radius 2 is 2.06 bits per heavy atom. The van der Waals surface area contributed by atoms with Gasteiger partial charge in [0.15, 0.2) is 0 Å². The second-order valence-electron chi connectivity index (χ2n) is 5.79. The zero-order chi connectivity index (χ0) is 13.1. The molecule has 0 saturated carbocycles. The van der Waals surface area contributed by atoms with Gasteiger partial charge < -0.3 is 10.4 Å². The molecule has 2 heteroatoms. The Kier molecular flexibility index (Phi) is 4.41. The maximum atomic E-state index is 10.3. The molecular weight excluding hydrogens is 222 g/mol. The van der Waals surface area contributed by atoms with Gasteiger partial charge in [0.05, 0.1) is 6.10 Å². The Morgan fingerprint density at radius 3 is 2.72 bits per heavy atom. The second-order valence-corrected chi connectivity index (χ2v) is 5.79. The number of nitrogens with one attached hydrogen (secondary N) is 1. The summed E-state index contributed by atoms with van der Waals surface area (Å²) in [6.07, 6.45) is 4.21. The van der Waals surface area contributed by atoms with E-state index < -0.39 is 0 Å². The minimum atomic E-state index is -0.341. The van der Waals surface area contributed by atoms with Gasteiger partial charge in [-0.1, -0.05) is 24.6 Å². The summed E-state index contributed by atoms with van der Waals surface area (Å²) in [5.41, 5.74) is 3.60. The monoisotopic (exact) mass is 247 g/mol. The average Bonchev–Trinajstić information content (AvgIpc) is 2.32. The largest absolute Gasteiger partial charge is 0.388 e. The number of piperidine rings is 1. The Bertz CT molecular complexity index is 402. The van der Waals surface area contributed by atoms with Gasteiger partial charge in [-0.25, -0.2) is 0 Å². The molecule has 1 heterocycles. The van der Waals surface area contributed by atoms with Crippen LogP contribution in [0.4, 0.5) is 0 Å². The topological polar surface area (TPSA) is 32.3 Å². The van der Waals surface area contributed by atoms with E-state index in [9.17, 15) is 5.11 Å². The van der Waals surface area contributed by atoms with Gasteiger partial charge in [-0.05, 0) is 56.7 Å². The van der Waals surface area contributed by atoms with Crippen LogP contribution in [0.5, 0.6) is 0 Å². The van der Waals surface area contributed by atoms with Crippen LogP contribution >= 0.6 is 0 Å². The normalized spacial score (nSPS) is 26.0. The van der Waals surface area contributed by atoms with E-state index in [-0.39, 0.29) is 6.10 Å². The average molecular weight is 247 g/mol. The first kappa shape index (κ1) is 13.6. The standard InChI is InChI=1S/C16H25NO/c1-11-7-8-14(9-12(11)2)16(18)10-15-6-4-5-13(3)17-15/h7-9,13,15-18H,4-6,10H2,1-3H3. The van der Waals surface area contributed by atoms with Crippen LogP contribution < -0.4 is 5.32 Å². The molecule has 1 aromatic carbocycles. The molecule has 0 aliphatic carbocycles. The van der Waals surface area contributed by atoms with Crippen molar-refractivity contribution in [2.24, 2.45) is 0 Å². The van der Waals surface area contributed by atoms with Crippen molar-refractivity contribution in [3.63, 3.8) is 0 Å². The zero-order valence-corrected chi connectivity index (χ0v) is 11.7. The van der Waals surface area contributed by atoms with Gasteiger partial charge in [-0.3, -0.25) is 0 Å². The lowest BCUT2D eigenvalue weighted by atomic mass is 9.92. The van der Waals surface area contributed by atoms with Crippen molar-refractivity contribution >= 4 is 0 Å². The first-order valence-electron chi connectivity index (χ1n) is 7.07. The van der Waals surface area contributed by atoms with E-state index in [0.717, 1.165) is 12.0 Å². The van der Waals surface area contributed by atoms with E-state index in [1.807, 2.05) is 0 Å². The molecular formula is C16H25NO. The number of rotatable bonds is 3. The lowest BCUT2D eigenvalue weighted by Crippen LogP contribution is -2.41. The number of aryl methyl sites for hydroxylation is 2. The molecule has 1 aromatic rings. The van der Waals surface area contributed by atoms with E-state index in [2.05, 4.69) is 44.3 Å². The summed E-state index contributed by atoms with van der Waals surface area (Å²) >= 11 is 0. The molecule has 2 rings (SSSR count). The quantitative estimate of drug-likeness (QED) is 0.859. The Labute approximate surface area is 110 Å². The second kappa shape index (κ2) is 5.85. The first-order chi connectivity index (χ1) is 8.56. The summed E-state index contributed by atoms with van der Waals surface area (Å²) in [7, 11) is 0. The van der Waals surface area contributed by atoms with Crippen molar-refractivity contribution in [1.29, 1.82) is 0 Å². The molecule has 0 radical (unpaired) electrons. The van der Waals surface area contributed by atoms with Crippen molar-refractivity contribution in [2.75, 3.05) is 0 Å². The third-order valence-corrected chi connectivity index (χ3v) is 4.13.